The Labute approximate surface area is 172 Å². The molecule has 0 bridgehead atoms. The van der Waals surface area contributed by atoms with Crippen LogP contribution in [-0.4, -0.2) is 35.4 Å². The van der Waals surface area contributed by atoms with Crippen LogP contribution in [0.15, 0.2) is 55.0 Å². The summed E-state index contributed by atoms with van der Waals surface area (Å²) in [4.78, 5) is 12.6. The maximum Gasteiger partial charge on any atom is 0.253 e. The standard InChI is InChI=1S/C21H21FN6O2/c1-13(2)19(29)20-26-25-18-8-3-15(12-27(18)20)21(30)23-9-14-10-24-28(11-14)17-6-4-16(22)5-7-17/h3-8,10-13,19,29H,9H2,1-2H3,(H,23,30). The number of pyridine rings is 1. The maximum absolute atomic E-state index is 13.1. The fourth-order valence-corrected chi connectivity index (χ4v) is 3.01. The van der Waals surface area contributed by atoms with Gasteiger partial charge in [-0.15, -0.1) is 10.2 Å². The van der Waals surface area contributed by atoms with E-state index in [1.165, 1.54) is 12.1 Å². The van der Waals surface area contributed by atoms with Crippen LogP contribution < -0.4 is 5.32 Å². The SMILES string of the molecule is CC(C)C(O)c1nnc2ccc(C(=O)NCc3cnn(-c4ccc(F)cc4)c3)cn12. The number of aromatic nitrogens is 5. The Morgan fingerprint density at radius 3 is 2.63 bits per heavy atom. The van der Waals surface area contributed by atoms with Gasteiger partial charge in [0.05, 0.1) is 17.4 Å². The molecule has 1 amide bonds. The molecule has 30 heavy (non-hydrogen) atoms. The van der Waals surface area contributed by atoms with E-state index in [1.807, 2.05) is 13.8 Å². The summed E-state index contributed by atoms with van der Waals surface area (Å²) in [6.07, 6.45) is 4.25. The lowest BCUT2D eigenvalue weighted by Gasteiger charge is -2.12. The summed E-state index contributed by atoms with van der Waals surface area (Å²) in [6, 6.07) is 9.33. The molecular weight excluding hydrogens is 387 g/mol. The Morgan fingerprint density at radius 2 is 1.90 bits per heavy atom. The predicted molar refractivity (Wildman–Crippen MR) is 107 cm³/mol. The zero-order valence-corrected chi connectivity index (χ0v) is 16.5. The van der Waals surface area contributed by atoms with Gasteiger partial charge in [0.1, 0.15) is 11.9 Å². The van der Waals surface area contributed by atoms with E-state index in [4.69, 9.17) is 0 Å². The number of nitrogens with zero attached hydrogens (tertiary/aromatic N) is 5. The van der Waals surface area contributed by atoms with Crippen LogP contribution in [0.25, 0.3) is 11.3 Å². The molecule has 8 nitrogen and oxygen atoms in total. The van der Waals surface area contributed by atoms with E-state index >= 15 is 0 Å². The second-order valence-corrected chi connectivity index (χ2v) is 7.35. The van der Waals surface area contributed by atoms with Gasteiger partial charge in [0.15, 0.2) is 11.5 Å². The molecule has 0 spiro atoms. The molecule has 1 unspecified atom stereocenters. The highest BCUT2D eigenvalue weighted by atomic mass is 19.1. The average Bonchev–Trinajstić information content (AvgIpc) is 3.38. The number of hydrogen-bond donors (Lipinski definition) is 2. The smallest absolute Gasteiger partial charge is 0.253 e. The largest absolute Gasteiger partial charge is 0.385 e. The normalized spacial score (nSPS) is 12.4. The van der Waals surface area contributed by atoms with Gasteiger partial charge in [-0.3, -0.25) is 9.20 Å². The first kappa shape index (κ1) is 19.7. The van der Waals surface area contributed by atoms with Crippen molar-refractivity contribution in [1.82, 2.24) is 29.7 Å². The quantitative estimate of drug-likeness (QED) is 0.511. The fraction of sp³-hybridized carbons (Fsp3) is 0.238. The summed E-state index contributed by atoms with van der Waals surface area (Å²) >= 11 is 0. The zero-order chi connectivity index (χ0) is 21.3. The van der Waals surface area contributed by atoms with Crippen LogP contribution in [0.3, 0.4) is 0 Å². The Balaban J connectivity index is 1.47. The van der Waals surface area contributed by atoms with Crippen molar-refractivity contribution >= 4 is 11.6 Å². The van der Waals surface area contributed by atoms with Crippen molar-refractivity contribution in [2.45, 2.75) is 26.5 Å². The van der Waals surface area contributed by atoms with Gasteiger partial charge in [-0.2, -0.15) is 5.10 Å². The van der Waals surface area contributed by atoms with Crippen LogP contribution in [-0.2, 0) is 6.54 Å². The van der Waals surface area contributed by atoms with Crippen molar-refractivity contribution < 1.29 is 14.3 Å². The molecule has 0 radical (unpaired) electrons. The minimum absolute atomic E-state index is 0.0347. The number of amides is 1. The number of aliphatic hydroxyl groups excluding tert-OH is 1. The van der Waals surface area contributed by atoms with Gasteiger partial charge in [-0.25, -0.2) is 9.07 Å². The summed E-state index contributed by atoms with van der Waals surface area (Å²) in [5, 5.41) is 25.5. The summed E-state index contributed by atoms with van der Waals surface area (Å²) in [7, 11) is 0. The number of aliphatic hydroxyl groups is 1. The molecule has 0 aliphatic rings. The number of hydrogen-bond acceptors (Lipinski definition) is 5. The number of nitrogens with one attached hydrogen (secondary N) is 1. The molecule has 1 aromatic carbocycles. The number of fused-ring (bicyclic) bond motifs is 1. The molecule has 0 fully saturated rings. The van der Waals surface area contributed by atoms with Crippen molar-refractivity contribution in [2.75, 3.05) is 0 Å². The third-order valence-electron chi connectivity index (χ3n) is 4.77. The van der Waals surface area contributed by atoms with Crippen molar-refractivity contribution in [1.29, 1.82) is 0 Å². The van der Waals surface area contributed by atoms with Crippen molar-refractivity contribution in [3.05, 3.63) is 77.8 Å². The summed E-state index contributed by atoms with van der Waals surface area (Å²) in [5.41, 5.74) is 2.50. The number of halogens is 1. The molecule has 9 heteroatoms. The molecule has 0 saturated carbocycles. The molecule has 3 aromatic heterocycles. The summed E-state index contributed by atoms with van der Waals surface area (Å²) in [5.74, 6) is -0.222. The number of rotatable bonds is 6. The van der Waals surface area contributed by atoms with Crippen LogP contribution in [0.1, 0.15) is 41.7 Å². The molecule has 154 valence electrons. The highest BCUT2D eigenvalue weighted by molar-refractivity contribution is 5.94. The van der Waals surface area contributed by atoms with E-state index in [0.29, 0.717) is 17.0 Å². The molecule has 1 atom stereocenters. The molecule has 4 aromatic rings. The number of carbonyl (C=O) groups excluding carboxylic acids is 1. The van der Waals surface area contributed by atoms with Gasteiger partial charge in [0.2, 0.25) is 0 Å². The van der Waals surface area contributed by atoms with Crippen molar-refractivity contribution in [2.24, 2.45) is 5.92 Å². The highest BCUT2D eigenvalue weighted by Gasteiger charge is 2.19. The molecular formula is C21H21FN6O2. The average molecular weight is 408 g/mol. The lowest BCUT2D eigenvalue weighted by molar-refractivity contribution is 0.0949. The Morgan fingerprint density at radius 1 is 1.13 bits per heavy atom. The topological polar surface area (TPSA) is 97.3 Å². The number of carbonyl (C=O) groups is 1. The lowest BCUT2D eigenvalue weighted by atomic mass is 10.1. The number of benzene rings is 1. The predicted octanol–water partition coefficient (Wildman–Crippen LogP) is 2.67. The summed E-state index contributed by atoms with van der Waals surface area (Å²) in [6.45, 7) is 4.05. The Bertz CT molecular complexity index is 1180. The van der Waals surface area contributed by atoms with Crippen LogP contribution in [0.4, 0.5) is 4.39 Å². The molecule has 3 heterocycles. The first-order valence-electron chi connectivity index (χ1n) is 9.53. The van der Waals surface area contributed by atoms with Gasteiger partial charge in [0.25, 0.3) is 5.91 Å². The van der Waals surface area contributed by atoms with Crippen LogP contribution in [0.2, 0.25) is 0 Å². The highest BCUT2D eigenvalue weighted by Crippen LogP contribution is 2.20. The lowest BCUT2D eigenvalue weighted by Crippen LogP contribution is -2.23. The molecule has 4 rings (SSSR count). The van der Waals surface area contributed by atoms with Gasteiger partial charge < -0.3 is 10.4 Å². The van der Waals surface area contributed by atoms with Gasteiger partial charge in [-0.05, 0) is 42.3 Å². The monoisotopic (exact) mass is 408 g/mol. The molecule has 2 N–H and O–H groups in total. The minimum Gasteiger partial charge on any atom is -0.385 e. The van der Waals surface area contributed by atoms with Gasteiger partial charge in [0, 0.05) is 24.5 Å². The van der Waals surface area contributed by atoms with E-state index < -0.39 is 6.10 Å². The van der Waals surface area contributed by atoms with E-state index in [2.05, 4.69) is 20.6 Å². The second-order valence-electron chi connectivity index (χ2n) is 7.35. The molecule has 0 saturated heterocycles. The Hall–Kier alpha value is -3.59. The maximum atomic E-state index is 13.1. The van der Waals surface area contributed by atoms with E-state index in [1.54, 1.807) is 51.9 Å². The van der Waals surface area contributed by atoms with Gasteiger partial charge >= 0.3 is 0 Å². The zero-order valence-electron chi connectivity index (χ0n) is 16.5. The minimum atomic E-state index is -0.782. The van der Waals surface area contributed by atoms with Crippen molar-refractivity contribution in [3.63, 3.8) is 0 Å². The van der Waals surface area contributed by atoms with Crippen LogP contribution in [0, 0.1) is 11.7 Å². The Kier molecular flexibility index (Phi) is 5.28. The summed E-state index contributed by atoms with van der Waals surface area (Å²) < 4.78 is 16.3. The second kappa shape index (κ2) is 8.03. The van der Waals surface area contributed by atoms with Crippen molar-refractivity contribution in [3.8, 4) is 5.69 Å². The molecule has 0 aliphatic heterocycles. The van der Waals surface area contributed by atoms with E-state index in [0.717, 1.165) is 11.3 Å². The third-order valence-corrected chi connectivity index (χ3v) is 4.77. The van der Waals surface area contributed by atoms with E-state index in [9.17, 15) is 14.3 Å². The third kappa shape index (κ3) is 3.92. The van der Waals surface area contributed by atoms with Crippen LogP contribution in [0.5, 0.6) is 0 Å². The van der Waals surface area contributed by atoms with Crippen LogP contribution >= 0.6 is 0 Å². The van der Waals surface area contributed by atoms with E-state index in [-0.39, 0.29) is 24.2 Å². The van der Waals surface area contributed by atoms with Gasteiger partial charge in [-0.1, -0.05) is 13.8 Å². The first-order valence-corrected chi connectivity index (χ1v) is 9.53. The molecule has 0 aliphatic carbocycles. The fourth-order valence-electron chi connectivity index (χ4n) is 3.01. The first-order chi connectivity index (χ1) is 14.4.